The molecule has 0 radical (unpaired) electrons. The predicted molar refractivity (Wildman–Crippen MR) is 147 cm³/mol. The first-order valence-electron chi connectivity index (χ1n) is 12.0. The fraction of sp³-hybridized carbons (Fsp3) is 0.0714. The van der Waals surface area contributed by atoms with E-state index in [0.717, 1.165) is 5.56 Å². The summed E-state index contributed by atoms with van der Waals surface area (Å²) in [6.07, 6.45) is 3.41. The van der Waals surface area contributed by atoms with Gasteiger partial charge in [-0.25, -0.2) is 4.39 Å². The summed E-state index contributed by atoms with van der Waals surface area (Å²) in [4.78, 5) is 13.6. The Bertz CT molecular complexity index is 1840. The molecule has 0 aliphatic heterocycles. The molecule has 0 amide bonds. The van der Waals surface area contributed by atoms with E-state index in [1.807, 2.05) is 0 Å². The molecule has 198 valence electrons. The third kappa shape index (κ3) is 5.27. The van der Waals surface area contributed by atoms with E-state index in [-0.39, 0.29) is 23.2 Å². The third-order valence-electron chi connectivity index (χ3n) is 6.31. The Morgan fingerprint density at radius 2 is 1.65 bits per heavy atom. The molecule has 0 aliphatic carbocycles. The van der Waals surface area contributed by atoms with Crippen molar-refractivity contribution in [3.8, 4) is 28.3 Å². The highest BCUT2D eigenvalue weighted by Crippen LogP contribution is 2.30. The number of pyridine rings is 1. The molecule has 9 nitrogen and oxygen atoms in total. The van der Waals surface area contributed by atoms with E-state index in [9.17, 15) is 9.18 Å². The lowest BCUT2D eigenvalue weighted by atomic mass is 10.0. The lowest BCUT2D eigenvalue weighted by Crippen LogP contribution is -2.26. The molecule has 0 aliphatic rings. The average molecular weight is 574 g/mol. The number of halogens is 3. The molecule has 3 heterocycles. The van der Waals surface area contributed by atoms with Crippen LogP contribution in [0.4, 0.5) is 4.39 Å². The van der Waals surface area contributed by atoms with Gasteiger partial charge < -0.3 is 8.98 Å². The smallest absolute Gasteiger partial charge is 0.251 e. The quantitative estimate of drug-likeness (QED) is 0.237. The normalized spacial score (nSPS) is 12.0. The van der Waals surface area contributed by atoms with E-state index >= 15 is 0 Å². The Morgan fingerprint density at radius 1 is 0.875 bits per heavy atom. The van der Waals surface area contributed by atoms with Crippen molar-refractivity contribution in [1.82, 2.24) is 35.0 Å². The van der Waals surface area contributed by atoms with Gasteiger partial charge in [0, 0.05) is 39.9 Å². The summed E-state index contributed by atoms with van der Waals surface area (Å²) in [6.45, 7) is 0. The summed E-state index contributed by atoms with van der Waals surface area (Å²) in [5, 5.41) is 20.9. The molecule has 1 atom stereocenters. The maximum atomic E-state index is 13.6. The van der Waals surface area contributed by atoms with Gasteiger partial charge in [0.1, 0.15) is 18.2 Å². The van der Waals surface area contributed by atoms with E-state index in [4.69, 9.17) is 27.6 Å². The average Bonchev–Trinajstić information content (AvgIpc) is 3.67. The molecule has 0 fully saturated rings. The Balaban J connectivity index is 1.41. The van der Waals surface area contributed by atoms with Crippen molar-refractivity contribution >= 4 is 23.2 Å². The van der Waals surface area contributed by atoms with Crippen molar-refractivity contribution < 1.29 is 8.81 Å². The second-order valence-electron chi connectivity index (χ2n) is 8.88. The Hall–Kier alpha value is -4.67. The standard InChI is InChI=1S/C28H18Cl2FN7O2/c29-20-5-3-18(4-6-20)27-33-34-28(40-27)25(13-17-1-8-22(31)9-2-17)37-12-11-19(14-26(37)39)23-15-21(30)7-10-24(23)38-16-32-35-36-38/h1-12,14-16,25H,13H2/t25-/m1/s1. The van der Waals surface area contributed by atoms with Gasteiger partial charge in [-0.1, -0.05) is 35.3 Å². The largest absolute Gasteiger partial charge is 0.418 e. The number of hydrogen-bond donors (Lipinski definition) is 0. The van der Waals surface area contributed by atoms with Crippen LogP contribution in [0.25, 0.3) is 28.3 Å². The molecule has 3 aromatic carbocycles. The van der Waals surface area contributed by atoms with Crippen LogP contribution in [0.2, 0.25) is 10.0 Å². The van der Waals surface area contributed by atoms with Crippen molar-refractivity contribution in [2.75, 3.05) is 0 Å². The van der Waals surface area contributed by atoms with Gasteiger partial charge in [-0.3, -0.25) is 4.79 Å². The summed E-state index contributed by atoms with van der Waals surface area (Å²) in [5.41, 5.74) is 3.08. The Kier molecular flexibility index (Phi) is 6.93. The van der Waals surface area contributed by atoms with Crippen molar-refractivity contribution in [2.45, 2.75) is 12.5 Å². The van der Waals surface area contributed by atoms with Gasteiger partial charge in [0.15, 0.2) is 0 Å². The molecule has 0 spiro atoms. The van der Waals surface area contributed by atoms with Crippen LogP contribution in [0.3, 0.4) is 0 Å². The number of benzene rings is 3. The predicted octanol–water partition coefficient (Wildman–Crippen LogP) is 5.82. The van der Waals surface area contributed by atoms with Crippen LogP contribution >= 0.6 is 23.2 Å². The van der Waals surface area contributed by atoms with Crippen LogP contribution in [0.15, 0.2) is 101 Å². The van der Waals surface area contributed by atoms with Crippen LogP contribution in [-0.2, 0) is 6.42 Å². The number of tetrazole rings is 1. The summed E-state index contributed by atoms with van der Waals surface area (Å²) < 4.78 is 22.6. The molecular weight excluding hydrogens is 556 g/mol. The van der Waals surface area contributed by atoms with Crippen LogP contribution in [-0.4, -0.2) is 35.0 Å². The van der Waals surface area contributed by atoms with Crippen molar-refractivity contribution in [2.24, 2.45) is 0 Å². The molecule has 0 bridgehead atoms. The van der Waals surface area contributed by atoms with Gasteiger partial charge in [-0.15, -0.1) is 15.3 Å². The fourth-order valence-corrected chi connectivity index (χ4v) is 4.65. The third-order valence-corrected chi connectivity index (χ3v) is 6.80. The first-order valence-corrected chi connectivity index (χ1v) is 12.8. The monoisotopic (exact) mass is 573 g/mol. The van der Waals surface area contributed by atoms with Gasteiger partial charge in [0.25, 0.3) is 5.56 Å². The van der Waals surface area contributed by atoms with E-state index < -0.39 is 6.04 Å². The van der Waals surface area contributed by atoms with Crippen molar-refractivity contribution in [3.63, 3.8) is 0 Å². The first-order chi connectivity index (χ1) is 19.4. The minimum absolute atomic E-state index is 0.223. The molecule has 3 aromatic heterocycles. The molecular formula is C28H18Cl2FN7O2. The zero-order valence-electron chi connectivity index (χ0n) is 20.5. The van der Waals surface area contributed by atoms with Gasteiger partial charge >= 0.3 is 0 Å². The zero-order valence-corrected chi connectivity index (χ0v) is 22.0. The topological polar surface area (TPSA) is 105 Å². The summed E-state index contributed by atoms with van der Waals surface area (Å²) >= 11 is 12.3. The van der Waals surface area contributed by atoms with E-state index in [1.165, 1.54) is 33.8 Å². The van der Waals surface area contributed by atoms with Crippen molar-refractivity contribution in [1.29, 1.82) is 0 Å². The molecule has 12 heteroatoms. The zero-order chi connectivity index (χ0) is 27.6. The molecule has 0 N–H and O–H groups in total. The minimum atomic E-state index is -0.668. The molecule has 6 aromatic rings. The molecule has 40 heavy (non-hydrogen) atoms. The molecule has 0 saturated carbocycles. The van der Waals surface area contributed by atoms with Crippen LogP contribution in [0.1, 0.15) is 17.5 Å². The van der Waals surface area contributed by atoms with E-state index in [1.54, 1.807) is 66.9 Å². The summed E-state index contributed by atoms with van der Waals surface area (Å²) in [6, 6.07) is 20.9. The lowest BCUT2D eigenvalue weighted by molar-refractivity contribution is 0.410. The van der Waals surface area contributed by atoms with Crippen LogP contribution in [0, 0.1) is 5.82 Å². The van der Waals surface area contributed by atoms with Crippen LogP contribution < -0.4 is 5.56 Å². The number of nitrogens with zero attached hydrogens (tertiary/aromatic N) is 7. The minimum Gasteiger partial charge on any atom is -0.418 e. The van der Waals surface area contributed by atoms with Gasteiger partial charge in [0.2, 0.25) is 11.8 Å². The van der Waals surface area contributed by atoms with Crippen molar-refractivity contribution in [3.05, 3.63) is 129 Å². The molecule has 0 saturated heterocycles. The first kappa shape index (κ1) is 25.6. The SMILES string of the molecule is O=c1cc(-c2cc(Cl)ccc2-n2cnnn2)ccn1[C@H](Cc1ccc(F)cc1)c1nnc(-c2ccc(Cl)cc2)o1. The Morgan fingerprint density at radius 3 is 2.38 bits per heavy atom. The highest BCUT2D eigenvalue weighted by molar-refractivity contribution is 6.31. The maximum Gasteiger partial charge on any atom is 0.251 e. The van der Waals surface area contributed by atoms with Gasteiger partial charge in [-0.2, -0.15) is 4.68 Å². The molecule has 0 unspecified atom stereocenters. The second-order valence-corrected chi connectivity index (χ2v) is 9.75. The highest BCUT2D eigenvalue weighted by Gasteiger charge is 2.24. The second kappa shape index (κ2) is 10.8. The summed E-state index contributed by atoms with van der Waals surface area (Å²) in [5.74, 6) is 0.149. The molecule has 6 rings (SSSR count). The van der Waals surface area contributed by atoms with E-state index in [0.29, 0.717) is 38.8 Å². The van der Waals surface area contributed by atoms with Crippen LogP contribution in [0.5, 0.6) is 0 Å². The highest BCUT2D eigenvalue weighted by atomic mass is 35.5. The lowest BCUT2D eigenvalue weighted by Gasteiger charge is -2.18. The fourth-order valence-electron chi connectivity index (χ4n) is 4.35. The van der Waals surface area contributed by atoms with Gasteiger partial charge in [-0.05, 0) is 82.2 Å². The number of hydrogen-bond acceptors (Lipinski definition) is 7. The van der Waals surface area contributed by atoms with Gasteiger partial charge in [0.05, 0.1) is 5.69 Å². The number of rotatable bonds is 7. The summed E-state index contributed by atoms with van der Waals surface area (Å²) in [7, 11) is 0. The number of aromatic nitrogens is 7. The Labute approximate surface area is 236 Å². The maximum absolute atomic E-state index is 13.6. The van der Waals surface area contributed by atoms with E-state index in [2.05, 4.69) is 25.7 Å².